The number of ether oxygens (including phenoxy) is 2. The predicted octanol–water partition coefficient (Wildman–Crippen LogP) is 1.16. The summed E-state index contributed by atoms with van der Waals surface area (Å²) in [5.74, 6) is -4.05. The molecular weight excluding hydrogens is 182 g/mol. The van der Waals surface area contributed by atoms with Crippen molar-refractivity contribution in [3.63, 3.8) is 0 Å². The van der Waals surface area contributed by atoms with E-state index in [0.717, 1.165) is 0 Å². The number of hydrogen-bond acceptors (Lipinski definition) is 3. The zero-order chi connectivity index (χ0) is 10.1. The van der Waals surface area contributed by atoms with E-state index in [1.54, 1.807) is 0 Å². The van der Waals surface area contributed by atoms with Crippen LogP contribution in [0.1, 0.15) is 19.3 Å². The molecule has 1 atom stereocenters. The van der Waals surface area contributed by atoms with Gasteiger partial charge in [0.1, 0.15) is 6.10 Å². The van der Waals surface area contributed by atoms with E-state index in [1.165, 1.54) is 14.2 Å². The fourth-order valence-corrected chi connectivity index (χ4v) is 1.62. The highest BCUT2D eigenvalue weighted by atomic mass is 19.3. The zero-order valence-electron chi connectivity index (χ0n) is 7.72. The van der Waals surface area contributed by atoms with Crippen LogP contribution in [0.15, 0.2) is 0 Å². The molecule has 1 rings (SSSR count). The van der Waals surface area contributed by atoms with Crippen LogP contribution in [0.2, 0.25) is 0 Å². The Bertz CT molecular complexity index is 180. The molecule has 78 valence electrons. The van der Waals surface area contributed by atoms with Gasteiger partial charge >= 0.3 is 0 Å². The van der Waals surface area contributed by atoms with E-state index in [-0.39, 0.29) is 12.8 Å². The molecule has 0 bridgehead atoms. The van der Waals surface area contributed by atoms with Crippen LogP contribution >= 0.6 is 0 Å². The molecule has 3 nitrogen and oxygen atoms in total. The molecular formula is C8H14F2O3. The van der Waals surface area contributed by atoms with Crippen molar-refractivity contribution in [1.82, 2.24) is 0 Å². The Morgan fingerprint density at radius 2 is 1.77 bits per heavy atom. The maximum Gasteiger partial charge on any atom is 0.251 e. The van der Waals surface area contributed by atoms with Gasteiger partial charge in [-0.25, -0.2) is 8.78 Å². The summed E-state index contributed by atoms with van der Waals surface area (Å²) in [6, 6.07) is 0. The maximum absolute atomic E-state index is 12.8. The summed E-state index contributed by atoms with van der Waals surface area (Å²) >= 11 is 0. The number of methoxy groups -OCH3 is 2. The van der Waals surface area contributed by atoms with Gasteiger partial charge in [-0.05, 0) is 0 Å². The van der Waals surface area contributed by atoms with Crippen molar-refractivity contribution in [1.29, 1.82) is 0 Å². The van der Waals surface area contributed by atoms with E-state index >= 15 is 0 Å². The number of aliphatic hydroxyl groups excluding tert-OH is 1. The van der Waals surface area contributed by atoms with E-state index in [9.17, 15) is 13.9 Å². The minimum atomic E-state index is -2.81. The molecule has 0 amide bonds. The van der Waals surface area contributed by atoms with E-state index < -0.39 is 24.2 Å². The first-order valence-corrected chi connectivity index (χ1v) is 4.12. The van der Waals surface area contributed by atoms with Crippen molar-refractivity contribution in [2.24, 2.45) is 0 Å². The highest BCUT2D eigenvalue weighted by molar-refractivity contribution is 4.90. The largest absolute Gasteiger partial charge is 0.387 e. The van der Waals surface area contributed by atoms with E-state index in [2.05, 4.69) is 0 Å². The lowest BCUT2D eigenvalue weighted by Gasteiger charge is -2.41. The number of halogens is 2. The molecule has 0 aromatic carbocycles. The Labute approximate surface area is 75.6 Å². The monoisotopic (exact) mass is 196 g/mol. The molecule has 1 aliphatic rings. The Hall–Kier alpha value is -0.260. The summed E-state index contributed by atoms with van der Waals surface area (Å²) in [5, 5.41) is 9.43. The van der Waals surface area contributed by atoms with E-state index in [4.69, 9.17) is 9.47 Å². The molecule has 0 unspecified atom stereocenters. The fourth-order valence-electron chi connectivity index (χ4n) is 1.62. The molecule has 1 saturated carbocycles. The van der Waals surface area contributed by atoms with Gasteiger partial charge in [0.25, 0.3) is 5.92 Å². The van der Waals surface area contributed by atoms with E-state index in [0.29, 0.717) is 0 Å². The van der Waals surface area contributed by atoms with Gasteiger partial charge in [0, 0.05) is 33.5 Å². The second kappa shape index (κ2) is 3.48. The lowest BCUT2D eigenvalue weighted by Crippen LogP contribution is -2.52. The Kier molecular flexibility index (Phi) is 2.89. The molecule has 0 saturated heterocycles. The van der Waals surface area contributed by atoms with Crippen LogP contribution in [0.25, 0.3) is 0 Å². The van der Waals surface area contributed by atoms with Crippen molar-refractivity contribution in [2.45, 2.75) is 37.1 Å². The van der Waals surface area contributed by atoms with Gasteiger partial charge < -0.3 is 14.6 Å². The number of aliphatic hydroxyl groups is 1. The SMILES string of the molecule is COC1(OC)CCC(F)(F)C[C@H]1O. The average Bonchev–Trinajstić information content (AvgIpc) is 2.05. The third kappa shape index (κ3) is 1.98. The number of hydrogen-bond donors (Lipinski definition) is 1. The molecule has 1 N–H and O–H groups in total. The second-order valence-corrected chi connectivity index (χ2v) is 3.30. The van der Waals surface area contributed by atoms with E-state index in [1.807, 2.05) is 0 Å². The van der Waals surface area contributed by atoms with Crippen molar-refractivity contribution in [2.75, 3.05) is 14.2 Å². The molecule has 1 aliphatic carbocycles. The van der Waals surface area contributed by atoms with Crippen LogP contribution in [0, 0.1) is 0 Å². The highest BCUT2D eigenvalue weighted by Crippen LogP contribution is 2.40. The fraction of sp³-hybridized carbons (Fsp3) is 1.00. The smallest absolute Gasteiger partial charge is 0.251 e. The summed E-state index contributed by atoms with van der Waals surface area (Å²) in [4.78, 5) is 0. The van der Waals surface area contributed by atoms with Crippen molar-refractivity contribution in [3.05, 3.63) is 0 Å². The second-order valence-electron chi connectivity index (χ2n) is 3.30. The van der Waals surface area contributed by atoms with Gasteiger partial charge in [0.05, 0.1) is 0 Å². The van der Waals surface area contributed by atoms with Crippen molar-refractivity contribution < 1.29 is 23.4 Å². The Morgan fingerprint density at radius 3 is 2.15 bits per heavy atom. The molecule has 5 heteroatoms. The van der Waals surface area contributed by atoms with Crippen LogP contribution in [0.4, 0.5) is 8.78 Å². The predicted molar refractivity (Wildman–Crippen MR) is 41.6 cm³/mol. The Balaban J connectivity index is 2.72. The molecule has 1 fully saturated rings. The van der Waals surface area contributed by atoms with Crippen molar-refractivity contribution in [3.8, 4) is 0 Å². The molecule has 0 heterocycles. The standard InChI is InChI=1S/C8H14F2O3/c1-12-8(13-2)4-3-7(9,10)5-6(8)11/h6,11H,3-5H2,1-2H3/t6-/m1/s1. The summed E-state index contributed by atoms with van der Waals surface area (Å²) in [6.45, 7) is 0. The minimum Gasteiger partial charge on any atom is -0.387 e. The first-order valence-electron chi connectivity index (χ1n) is 4.12. The molecule has 0 radical (unpaired) electrons. The minimum absolute atomic E-state index is 0.00810. The lowest BCUT2D eigenvalue weighted by molar-refractivity contribution is -0.295. The van der Waals surface area contributed by atoms with Gasteiger partial charge in [-0.15, -0.1) is 0 Å². The Morgan fingerprint density at radius 1 is 1.23 bits per heavy atom. The zero-order valence-corrected chi connectivity index (χ0v) is 7.72. The normalized spacial score (nSPS) is 31.6. The summed E-state index contributed by atoms with van der Waals surface area (Å²) in [5.41, 5.74) is 0. The van der Waals surface area contributed by atoms with Crippen LogP contribution in [-0.4, -0.2) is 37.1 Å². The molecule has 0 spiro atoms. The van der Waals surface area contributed by atoms with Crippen LogP contribution < -0.4 is 0 Å². The number of alkyl halides is 2. The van der Waals surface area contributed by atoms with Gasteiger partial charge in [-0.1, -0.05) is 0 Å². The molecule has 0 aliphatic heterocycles. The topological polar surface area (TPSA) is 38.7 Å². The molecule has 0 aromatic heterocycles. The van der Waals surface area contributed by atoms with Gasteiger partial charge in [-0.3, -0.25) is 0 Å². The van der Waals surface area contributed by atoms with Crippen LogP contribution in [-0.2, 0) is 9.47 Å². The van der Waals surface area contributed by atoms with Gasteiger partial charge in [0.15, 0.2) is 5.79 Å². The van der Waals surface area contributed by atoms with Gasteiger partial charge in [-0.2, -0.15) is 0 Å². The third-order valence-electron chi connectivity index (χ3n) is 2.53. The molecule has 0 aromatic rings. The van der Waals surface area contributed by atoms with Gasteiger partial charge in [0.2, 0.25) is 0 Å². The first-order chi connectivity index (χ1) is 5.96. The quantitative estimate of drug-likeness (QED) is 0.673. The summed E-state index contributed by atoms with van der Waals surface area (Å²) in [6.07, 6.45) is -2.18. The number of rotatable bonds is 2. The first kappa shape index (κ1) is 10.8. The summed E-state index contributed by atoms with van der Waals surface area (Å²) < 4.78 is 35.5. The van der Waals surface area contributed by atoms with Crippen LogP contribution in [0.3, 0.4) is 0 Å². The highest BCUT2D eigenvalue weighted by Gasteiger charge is 2.50. The summed E-state index contributed by atoms with van der Waals surface area (Å²) in [7, 11) is 2.69. The average molecular weight is 196 g/mol. The lowest BCUT2D eigenvalue weighted by atomic mass is 9.88. The van der Waals surface area contributed by atoms with Crippen LogP contribution in [0.5, 0.6) is 0 Å². The van der Waals surface area contributed by atoms with Crippen molar-refractivity contribution >= 4 is 0 Å². The maximum atomic E-state index is 12.8. The third-order valence-corrected chi connectivity index (χ3v) is 2.53. The molecule has 13 heavy (non-hydrogen) atoms.